The summed E-state index contributed by atoms with van der Waals surface area (Å²) >= 11 is 0. The third-order valence-corrected chi connectivity index (χ3v) is 3.27. The van der Waals surface area contributed by atoms with E-state index < -0.39 is 11.6 Å². The zero-order valence-electron chi connectivity index (χ0n) is 12.4. The minimum Gasteiger partial charge on any atom is -0.308 e. The Morgan fingerprint density at radius 3 is 2.19 bits per heavy atom. The third kappa shape index (κ3) is 4.34. The third-order valence-electron chi connectivity index (χ3n) is 3.27. The van der Waals surface area contributed by atoms with E-state index in [2.05, 4.69) is 16.3 Å². The van der Waals surface area contributed by atoms with Crippen molar-refractivity contribution in [3.8, 4) is 0 Å². The summed E-state index contributed by atoms with van der Waals surface area (Å²) in [6.45, 7) is 1.78. The fraction of sp³-hybridized carbons (Fsp3) is 0.294. The van der Waals surface area contributed by atoms with Crippen molar-refractivity contribution < 1.29 is 8.78 Å². The molecule has 0 spiro atoms. The Bertz CT molecular complexity index is 597. The molecule has 0 amide bonds. The number of halogens is 2. The Kier molecular flexibility index (Phi) is 5.42. The molecule has 0 bridgehead atoms. The van der Waals surface area contributed by atoms with Crippen molar-refractivity contribution >= 4 is 0 Å². The van der Waals surface area contributed by atoms with Crippen molar-refractivity contribution in [2.75, 3.05) is 14.1 Å². The van der Waals surface area contributed by atoms with Crippen molar-refractivity contribution in [1.82, 2.24) is 10.2 Å². The van der Waals surface area contributed by atoms with E-state index in [-0.39, 0.29) is 0 Å². The van der Waals surface area contributed by atoms with Gasteiger partial charge in [-0.3, -0.25) is 0 Å². The molecule has 0 aliphatic rings. The average Bonchev–Trinajstić information content (AvgIpc) is 2.45. The highest BCUT2D eigenvalue weighted by Gasteiger charge is 2.07. The van der Waals surface area contributed by atoms with Crippen LogP contribution in [-0.4, -0.2) is 19.0 Å². The minimum atomic E-state index is -0.803. The molecule has 2 rings (SSSR count). The maximum Gasteiger partial charge on any atom is 0.163 e. The highest BCUT2D eigenvalue weighted by atomic mass is 19.2. The van der Waals surface area contributed by atoms with Gasteiger partial charge in [-0.25, -0.2) is 8.78 Å². The highest BCUT2D eigenvalue weighted by molar-refractivity contribution is 5.27. The van der Waals surface area contributed by atoms with Gasteiger partial charge >= 0.3 is 0 Å². The van der Waals surface area contributed by atoms with Crippen molar-refractivity contribution in [3.63, 3.8) is 0 Å². The van der Waals surface area contributed by atoms with E-state index in [1.807, 2.05) is 32.3 Å². The van der Waals surface area contributed by atoms with E-state index in [0.717, 1.165) is 12.6 Å². The van der Waals surface area contributed by atoms with Crippen LogP contribution in [0.1, 0.15) is 16.7 Å². The second-order valence-corrected chi connectivity index (χ2v) is 5.32. The number of nitrogens with one attached hydrogen (secondary N) is 1. The van der Waals surface area contributed by atoms with E-state index in [1.165, 1.54) is 17.2 Å². The second kappa shape index (κ2) is 7.29. The molecule has 1 N–H and O–H groups in total. The number of rotatable bonds is 6. The Morgan fingerprint density at radius 1 is 0.857 bits per heavy atom. The molecule has 0 saturated carbocycles. The van der Waals surface area contributed by atoms with Crippen LogP contribution >= 0.6 is 0 Å². The fourth-order valence-electron chi connectivity index (χ4n) is 2.24. The summed E-state index contributed by atoms with van der Waals surface area (Å²) < 4.78 is 26.7. The van der Waals surface area contributed by atoms with Gasteiger partial charge in [0.05, 0.1) is 0 Å². The van der Waals surface area contributed by atoms with Crippen molar-refractivity contribution in [2.24, 2.45) is 0 Å². The predicted octanol–water partition coefficient (Wildman–Crippen LogP) is 3.32. The van der Waals surface area contributed by atoms with Gasteiger partial charge in [0, 0.05) is 25.2 Å². The van der Waals surface area contributed by atoms with Crippen LogP contribution in [-0.2, 0) is 19.6 Å². The molecule has 4 heteroatoms. The number of nitrogens with zero attached hydrogens (tertiary/aromatic N) is 1. The number of benzene rings is 2. The van der Waals surface area contributed by atoms with Crippen LogP contribution in [0, 0.1) is 11.6 Å². The Morgan fingerprint density at radius 2 is 1.48 bits per heavy atom. The van der Waals surface area contributed by atoms with Gasteiger partial charge in [0.15, 0.2) is 11.6 Å². The van der Waals surface area contributed by atoms with Gasteiger partial charge in [0.2, 0.25) is 0 Å². The molecular weight excluding hydrogens is 270 g/mol. The van der Waals surface area contributed by atoms with E-state index in [4.69, 9.17) is 0 Å². The first-order valence-corrected chi connectivity index (χ1v) is 6.93. The zero-order valence-corrected chi connectivity index (χ0v) is 12.4. The van der Waals surface area contributed by atoms with Crippen LogP contribution in [0.3, 0.4) is 0 Å². The van der Waals surface area contributed by atoms with Crippen LogP contribution in [0.5, 0.6) is 0 Å². The first-order chi connectivity index (χ1) is 10.1. The topological polar surface area (TPSA) is 15.3 Å². The number of hydrogen-bond acceptors (Lipinski definition) is 2. The summed E-state index contributed by atoms with van der Waals surface area (Å²) in [6, 6.07) is 12.4. The van der Waals surface area contributed by atoms with E-state index in [0.29, 0.717) is 18.7 Å². The van der Waals surface area contributed by atoms with Crippen LogP contribution in [0.2, 0.25) is 0 Å². The Balaban J connectivity index is 1.99. The largest absolute Gasteiger partial charge is 0.308 e. The molecule has 0 saturated heterocycles. The summed E-state index contributed by atoms with van der Waals surface area (Å²) in [7, 11) is 4.04. The molecular formula is C17H20F2N2. The standard InChI is InChI=1S/C17H20F2N2/c1-21(2)12-15-7-4-3-6-13(15)10-20-11-14-8-5-9-16(18)17(14)19/h3-9,20H,10-12H2,1-2H3. The predicted molar refractivity (Wildman–Crippen MR) is 80.7 cm³/mol. The highest BCUT2D eigenvalue weighted by Crippen LogP contribution is 2.13. The molecule has 0 heterocycles. The van der Waals surface area contributed by atoms with Gasteiger partial charge in [-0.1, -0.05) is 36.4 Å². The van der Waals surface area contributed by atoms with Gasteiger partial charge < -0.3 is 10.2 Å². The average molecular weight is 290 g/mol. The van der Waals surface area contributed by atoms with E-state index in [9.17, 15) is 8.78 Å². The van der Waals surface area contributed by atoms with Crippen molar-refractivity contribution in [2.45, 2.75) is 19.6 Å². The van der Waals surface area contributed by atoms with Crippen LogP contribution < -0.4 is 5.32 Å². The summed E-state index contributed by atoms with van der Waals surface area (Å²) in [4.78, 5) is 2.10. The van der Waals surface area contributed by atoms with Crippen LogP contribution in [0.25, 0.3) is 0 Å². The molecule has 112 valence electrons. The SMILES string of the molecule is CN(C)Cc1ccccc1CNCc1cccc(F)c1F. The van der Waals surface area contributed by atoms with E-state index >= 15 is 0 Å². The van der Waals surface area contributed by atoms with Crippen LogP contribution in [0.15, 0.2) is 42.5 Å². The van der Waals surface area contributed by atoms with Gasteiger partial charge in [0.25, 0.3) is 0 Å². The minimum absolute atomic E-state index is 0.305. The molecule has 21 heavy (non-hydrogen) atoms. The summed E-state index contributed by atoms with van der Waals surface area (Å²) in [5, 5.41) is 3.17. The van der Waals surface area contributed by atoms with E-state index in [1.54, 1.807) is 6.07 Å². The van der Waals surface area contributed by atoms with Gasteiger partial charge in [0.1, 0.15) is 0 Å². The summed E-state index contributed by atoms with van der Waals surface area (Å²) in [5.74, 6) is -1.58. The normalized spacial score (nSPS) is 11.1. The molecule has 0 unspecified atom stereocenters. The van der Waals surface area contributed by atoms with Crippen molar-refractivity contribution in [3.05, 3.63) is 70.8 Å². The molecule has 0 atom stereocenters. The lowest BCUT2D eigenvalue weighted by molar-refractivity contribution is 0.400. The molecule has 0 fully saturated rings. The first kappa shape index (κ1) is 15.6. The molecule has 0 radical (unpaired) electrons. The van der Waals surface area contributed by atoms with Gasteiger partial charge in [-0.15, -0.1) is 0 Å². The smallest absolute Gasteiger partial charge is 0.163 e. The maximum atomic E-state index is 13.6. The molecule has 2 nitrogen and oxygen atoms in total. The Hall–Kier alpha value is -1.78. The van der Waals surface area contributed by atoms with Crippen molar-refractivity contribution in [1.29, 1.82) is 0 Å². The molecule has 0 aliphatic carbocycles. The Labute approximate surface area is 124 Å². The second-order valence-electron chi connectivity index (χ2n) is 5.32. The monoisotopic (exact) mass is 290 g/mol. The lowest BCUT2D eigenvalue weighted by Crippen LogP contribution is -2.17. The zero-order chi connectivity index (χ0) is 15.2. The maximum absolute atomic E-state index is 13.6. The summed E-state index contributed by atoms with van der Waals surface area (Å²) in [5.41, 5.74) is 2.75. The lowest BCUT2D eigenvalue weighted by Gasteiger charge is -2.14. The molecule has 2 aromatic carbocycles. The van der Waals surface area contributed by atoms with Gasteiger partial charge in [-0.05, 0) is 31.3 Å². The van der Waals surface area contributed by atoms with Crippen LogP contribution in [0.4, 0.5) is 8.78 Å². The van der Waals surface area contributed by atoms with Gasteiger partial charge in [-0.2, -0.15) is 0 Å². The molecule has 0 aromatic heterocycles. The quantitative estimate of drug-likeness (QED) is 0.878. The first-order valence-electron chi connectivity index (χ1n) is 6.93. The molecule has 0 aliphatic heterocycles. The summed E-state index contributed by atoms with van der Waals surface area (Å²) in [6.07, 6.45) is 0. The fourth-order valence-corrected chi connectivity index (χ4v) is 2.24. The molecule has 2 aromatic rings. The number of hydrogen-bond donors (Lipinski definition) is 1. The lowest BCUT2D eigenvalue weighted by atomic mass is 10.1.